The zero-order valence-corrected chi connectivity index (χ0v) is 42.5. The summed E-state index contributed by atoms with van der Waals surface area (Å²) in [5.74, 6) is 2.25. The maximum atomic E-state index is 7.37. The number of hydrogen-bond donors (Lipinski definition) is 0. The molecule has 0 fully saturated rings. The highest BCUT2D eigenvalue weighted by Crippen LogP contribution is 2.50. The highest BCUT2D eigenvalue weighted by Gasteiger charge is 2.50. The molecule has 0 saturated carbocycles. The molecule has 10 aromatic rings. The average molecular weight is 935 g/mol. The normalized spacial score (nSPS) is 15.9. The lowest BCUT2D eigenvalue weighted by molar-refractivity contribution is 0.587. The van der Waals surface area contributed by atoms with Crippen molar-refractivity contribution in [3.8, 4) is 10.4 Å². The Hall–Kier alpha value is -6.54. The molecule has 69 heavy (non-hydrogen) atoms. The van der Waals surface area contributed by atoms with Crippen LogP contribution in [0.4, 0.5) is 28.8 Å². The van der Waals surface area contributed by atoms with Crippen molar-refractivity contribution in [1.82, 2.24) is 0 Å². The van der Waals surface area contributed by atoms with E-state index in [0.717, 1.165) is 51.5 Å². The Labute approximate surface area is 413 Å². The van der Waals surface area contributed by atoms with Gasteiger partial charge in [0.2, 0.25) is 11.8 Å². The molecular weight excluding hydrogens is 880 g/mol. The molecule has 0 amide bonds. The van der Waals surface area contributed by atoms with Gasteiger partial charge in [-0.2, -0.15) is 0 Å². The van der Waals surface area contributed by atoms with Gasteiger partial charge in [0.25, 0.3) is 6.71 Å². The first-order valence-corrected chi connectivity index (χ1v) is 26.2. The van der Waals surface area contributed by atoms with E-state index in [-0.39, 0.29) is 29.4 Å². The molecule has 2 aliphatic heterocycles. The Morgan fingerprint density at radius 3 is 1.67 bits per heavy atom. The molecule has 340 valence electrons. The summed E-state index contributed by atoms with van der Waals surface area (Å²) in [5.41, 5.74) is 16.5. The summed E-state index contributed by atoms with van der Waals surface area (Å²) in [6.07, 6.45) is 5.70. The number of fused-ring (bicyclic) bond motifs is 10. The highest BCUT2D eigenvalue weighted by molar-refractivity contribution is 7.22. The molecule has 7 heteroatoms. The summed E-state index contributed by atoms with van der Waals surface area (Å²) in [7, 11) is 0. The predicted octanol–water partition coefficient (Wildman–Crippen LogP) is 16.8. The topological polar surface area (TPSA) is 32.8 Å². The third kappa shape index (κ3) is 6.67. The molecule has 0 spiro atoms. The molecule has 0 N–H and O–H groups in total. The van der Waals surface area contributed by atoms with Gasteiger partial charge in [-0.15, -0.1) is 22.7 Å². The second-order valence-corrected chi connectivity index (χ2v) is 24.2. The van der Waals surface area contributed by atoms with Crippen molar-refractivity contribution in [2.75, 3.05) is 9.80 Å². The summed E-state index contributed by atoms with van der Waals surface area (Å²) >= 11 is 3.75. The molecule has 0 saturated heterocycles. The van der Waals surface area contributed by atoms with E-state index in [2.05, 4.69) is 218 Å². The van der Waals surface area contributed by atoms with Crippen LogP contribution in [0, 0.1) is 5.92 Å². The lowest BCUT2D eigenvalue weighted by Crippen LogP contribution is -2.61. The van der Waals surface area contributed by atoms with Crippen LogP contribution in [0.3, 0.4) is 0 Å². The quantitative estimate of drug-likeness (QED) is 0.161. The Balaban J connectivity index is 1.09. The number of nitrogens with zero attached hydrogens (tertiary/aromatic N) is 2. The fourth-order valence-corrected chi connectivity index (χ4v) is 13.4. The van der Waals surface area contributed by atoms with E-state index in [0.29, 0.717) is 0 Å². The maximum absolute atomic E-state index is 7.37. The number of allylic oxidation sites excluding steroid dienone is 4. The van der Waals surface area contributed by atoms with Crippen LogP contribution < -0.4 is 26.2 Å². The summed E-state index contributed by atoms with van der Waals surface area (Å²) in [5, 5.41) is 4.90. The van der Waals surface area contributed by atoms with E-state index in [9.17, 15) is 0 Å². The largest absolute Gasteiger partial charge is 0.440 e. The molecule has 1 aliphatic carbocycles. The summed E-state index contributed by atoms with van der Waals surface area (Å²) in [6.45, 7) is 20.7. The van der Waals surface area contributed by atoms with Crippen LogP contribution in [-0.4, -0.2) is 6.71 Å². The molecular formula is C62H55BN2O2S2. The first-order chi connectivity index (χ1) is 33.2. The van der Waals surface area contributed by atoms with Crippen LogP contribution in [0.1, 0.15) is 96.2 Å². The van der Waals surface area contributed by atoms with E-state index < -0.39 is 0 Å². The maximum Gasteiger partial charge on any atom is 0.262 e. The number of anilines is 5. The van der Waals surface area contributed by atoms with Gasteiger partial charge in [0, 0.05) is 69.5 Å². The van der Waals surface area contributed by atoms with Crippen molar-refractivity contribution in [1.29, 1.82) is 0 Å². The van der Waals surface area contributed by atoms with Crippen LogP contribution in [0.25, 0.3) is 58.1 Å². The SMILES string of the molecule is CC1CC(c2cc3ccccc3s2)=CC=C1N1c2cc(C(C)C)cc3c2B(c2c1oc1ccc(C(C)(C)C)cc21)c1c(oc2ccc(C(C)(C)C)cc12)N3c1ccc(-c2cc3ccccc3s2)cc1. The first-order valence-electron chi connectivity index (χ1n) is 24.6. The fraction of sp³-hybridized carbons (Fsp3) is 0.226. The van der Waals surface area contributed by atoms with Gasteiger partial charge in [0.1, 0.15) is 11.2 Å². The van der Waals surface area contributed by atoms with Crippen LogP contribution in [0.2, 0.25) is 0 Å². The van der Waals surface area contributed by atoms with Crippen LogP contribution in [-0.2, 0) is 10.8 Å². The lowest BCUT2D eigenvalue weighted by atomic mass is 9.33. The first kappa shape index (κ1) is 42.6. The fourth-order valence-electron chi connectivity index (χ4n) is 11.2. The molecule has 0 radical (unpaired) electrons. The molecule has 1 atom stereocenters. The molecule has 4 aromatic heterocycles. The van der Waals surface area contributed by atoms with Gasteiger partial charge in [0.15, 0.2) is 0 Å². The Morgan fingerprint density at radius 1 is 0.580 bits per heavy atom. The standard InChI is InChI=1S/C62H55BN2O2S2/c1-35(2)41-29-48-58-49(30-41)65(47-25-20-40(28-36(47)3)55-32-39-15-11-13-17-53(39)69-55)60-57(46-34-43(62(7,8)9)22-27-51(46)67-60)63(58)56-45-33-42(61(4,5)6)21-26-50(45)66-59(56)64(48)44-23-18-37(19-24-44)54-31-38-14-10-12-16-52(38)68-54/h10-27,29-36H,28H2,1-9H3. The van der Waals surface area contributed by atoms with E-state index in [1.54, 1.807) is 0 Å². The Morgan fingerprint density at radius 2 is 1.12 bits per heavy atom. The number of furan rings is 2. The van der Waals surface area contributed by atoms with Crippen LogP contribution >= 0.6 is 22.7 Å². The summed E-state index contributed by atoms with van der Waals surface area (Å²) in [4.78, 5) is 7.57. The number of thiophene rings is 2. The molecule has 6 aromatic carbocycles. The van der Waals surface area contributed by atoms with Gasteiger partial charge in [-0.05, 0) is 146 Å². The van der Waals surface area contributed by atoms with Gasteiger partial charge in [-0.25, -0.2) is 0 Å². The van der Waals surface area contributed by atoms with Crippen molar-refractivity contribution in [3.63, 3.8) is 0 Å². The van der Waals surface area contributed by atoms with Crippen molar-refractivity contribution >= 4 is 122 Å². The second-order valence-electron chi connectivity index (χ2n) is 22.0. The highest BCUT2D eigenvalue weighted by atomic mass is 32.1. The zero-order chi connectivity index (χ0) is 47.2. The lowest BCUT2D eigenvalue weighted by Gasteiger charge is -2.43. The second kappa shape index (κ2) is 15.2. The van der Waals surface area contributed by atoms with Gasteiger partial charge in [0.05, 0.1) is 0 Å². The monoisotopic (exact) mass is 934 g/mol. The summed E-state index contributed by atoms with van der Waals surface area (Å²) < 4.78 is 17.3. The predicted molar refractivity (Wildman–Crippen MR) is 298 cm³/mol. The minimum Gasteiger partial charge on any atom is -0.440 e. The van der Waals surface area contributed by atoms with E-state index in [1.807, 2.05) is 22.7 Å². The van der Waals surface area contributed by atoms with Gasteiger partial charge >= 0.3 is 0 Å². The van der Waals surface area contributed by atoms with Gasteiger partial charge in [-0.3, -0.25) is 9.80 Å². The smallest absolute Gasteiger partial charge is 0.262 e. The minimum atomic E-state index is -0.163. The number of hydrogen-bond acceptors (Lipinski definition) is 6. The average Bonchev–Trinajstić information content (AvgIpc) is 4.13. The third-order valence-electron chi connectivity index (χ3n) is 15.0. The molecule has 1 unspecified atom stereocenters. The Kier molecular flexibility index (Phi) is 9.39. The molecule has 4 nitrogen and oxygen atoms in total. The van der Waals surface area contributed by atoms with Crippen molar-refractivity contribution in [2.45, 2.75) is 85.5 Å². The van der Waals surface area contributed by atoms with Crippen molar-refractivity contribution < 1.29 is 8.83 Å². The van der Waals surface area contributed by atoms with E-state index >= 15 is 0 Å². The zero-order valence-electron chi connectivity index (χ0n) is 40.8. The molecule has 0 bridgehead atoms. The molecule has 6 heterocycles. The number of rotatable bonds is 5. The minimum absolute atomic E-state index is 0.0589. The van der Waals surface area contributed by atoms with Gasteiger partial charge < -0.3 is 8.83 Å². The van der Waals surface area contributed by atoms with E-state index in [4.69, 9.17) is 8.83 Å². The van der Waals surface area contributed by atoms with E-state index in [1.165, 1.54) is 85.5 Å². The molecule has 3 aliphatic rings. The van der Waals surface area contributed by atoms with Crippen molar-refractivity contribution in [3.05, 3.63) is 173 Å². The van der Waals surface area contributed by atoms with Crippen molar-refractivity contribution in [2.24, 2.45) is 5.92 Å². The van der Waals surface area contributed by atoms with Crippen LogP contribution in [0.5, 0.6) is 0 Å². The number of benzene rings is 6. The van der Waals surface area contributed by atoms with Crippen LogP contribution in [0.15, 0.2) is 160 Å². The van der Waals surface area contributed by atoms with Gasteiger partial charge in [-0.1, -0.05) is 129 Å². The third-order valence-corrected chi connectivity index (χ3v) is 17.4. The molecule has 13 rings (SSSR count). The Bertz CT molecular complexity index is 3740. The summed E-state index contributed by atoms with van der Waals surface area (Å²) in [6, 6.07) is 50.0.